The molecule has 0 spiro atoms. The Morgan fingerprint density at radius 1 is 1.09 bits per heavy atom. The van der Waals surface area contributed by atoms with Gasteiger partial charge in [-0.25, -0.2) is 0 Å². The van der Waals surface area contributed by atoms with Crippen LogP contribution in [0.1, 0.15) is 17.4 Å². The molecular formula is C18H17NO2S. The predicted octanol–water partition coefficient (Wildman–Crippen LogP) is 4.54. The molecule has 4 heteroatoms. The van der Waals surface area contributed by atoms with E-state index in [9.17, 15) is 4.79 Å². The maximum Gasteiger partial charge on any atom is 0.176 e. The molecule has 1 aromatic heterocycles. The van der Waals surface area contributed by atoms with Crippen LogP contribution in [0, 0.1) is 0 Å². The first-order valence-corrected chi connectivity index (χ1v) is 7.83. The Morgan fingerprint density at radius 2 is 1.82 bits per heavy atom. The van der Waals surface area contributed by atoms with Crippen molar-refractivity contribution in [2.45, 2.75) is 16.8 Å². The van der Waals surface area contributed by atoms with E-state index >= 15 is 0 Å². The zero-order chi connectivity index (χ0) is 15.7. The van der Waals surface area contributed by atoms with Crippen LogP contribution in [-0.2, 0) is 7.05 Å². The lowest BCUT2D eigenvalue weighted by molar-refractivity contribution is 0.101. The van der Waals surface area contributed by atoms with Gasteiger partial charge in [0.05, 0.1) is 17.8 Å². The second-order valence-corrected chi connectivity index (χ2v) is 6.16. The maximum absolute atomic E-state index is 12.0. The number of hydrogen-bond acceptors (Lipinski definition) is 3. The van der Waals surface area contributed by atoms with Gasteiger partial charge >= 0.3 is 0 Å². The Hall–Kier alpha value is -2.20. The van der Waals surface area contributed by atoms with E-state index in [1.807, 2.05) is 54.1 Å². The van der Waals surface area contributed by atoms with Gasteiger partial charge in [-0.15, -0.1) is 0 Å². The number of ketones is 1. The van der Waals surface area contributed by atoms with Gasteiger partial charge in [0, 0.05) is 29.6 Å². The maximum atomic E-state index is 12.0. The van der Waals surface area contributed by atoms with Crippen molar-refractivity contribution >= 4 is 28.3 Å². The van der Waals surface area contributed by atoms with E-state index in [2.05, 4.69) is 6.07 Å². The van der Waals surface area contributed by atoms with Crippen LogP contribution in [0.25, 0.3) is 10.8 Å². The molecule has 22 heavy (non-hydrogen) atoms. The molecule has 0 amide bonds. The summed E-state index contributed by atoms with van der Waals surface area (Å²) >= 11 is 1.64. The van der Waals surface area contributed by atoms with Gasteiger partial charge in [0.1, 0.15) is 5.75 Å². The first-order valence-electron chi connectivity index (χ1n) is 7.02. The molecule has 0 unspecified atom stereocenters. The number of ether oxygens (including phenoxy) is 1. The quantitative estimate of drug-likeness (QED) is 0.663. The first-order chi connectivity index (χ1) is 10.6. The Labute approximate surface area is 133 Å². The lowest BCUT2D eigenvalue weighted by Gasteiger charge is -2.07. The number of rotatable bonds is 4. The first kappa shape index (κ1) is 14.7. The van der Waals surface area contributed by atoms with Crippen molar-refractivity contribution in [3.8, 4) is 5.75 Å². The lowest BCUT2D eigenvalue weighted by atomic mass is 10.1. The molecule has 0 aliphatic carbocycles. The number of fused-ring (bicyclic) bond motifs is 1. The van der Waals surface area contributed by atoms with Crippen LogP contribution >= 0.6 is 11.8 Å². The van der Waals surface area contributed by atoms with E-state index in [0.29, 0.717) is 0 Å². The molecule has 0 saturated heterocycles. The van der Waals surface area contributed by atoms with Crippen LogP contribution in [0.2, 0.25) is 0 Å². The minimum atomic E-state index is 0.0798. The fraction of sp³-hybridized carbons (Fsp3) is 0.167. The van der Waals surface area contributed by atoms with Crippen LogP contribution in [-0.4, -0.2) is 17.5 Å². The Morgan fingerprint density at radius 3 is 2.50 bits per heavy atom. The summed E-state index contributed by atoms with van der Waals surface area (Å²) in [5.41, 5.74) is 0.751. The summed E-state index contributed by atoms with van der Waals surface area (Å²) in [4.78, 5) is 13.1. The number of nitrogens with zero attached hydrogens (tertiary/aromatic N) is 1. The Kier molecular flexibility index (Phi) is 3.94. The third-order valence-electron chi connectivity index (χ3n) is 3.64. The fourth-order valence-corrected chi connectivity index (χ4v) is 3.73. The van der Waals surface area contributed by atoms with Crippen molar-refractivity contribution in [1.29, 1.82) is 0 Å². The molecule has 3 aromatic rings. The molecule has 2 aromatic carbocycles. The standard InChI is InChI=1S/C18H17NO2S/c1-12(20)17-15-9-4-5-10-16(15)18(19(17)2)22-14-8-6-7-13(11-14)21-3/h4-11H,1-3H3. The summed E-state index contributed by atoms with van der Waals surface area (Å²) < 4.78 is 7.26. The average Bonchev–Trinajstić information content (AvgIpc) is 2.80. The van der Waals surface area contributed by atoms with Crippen LogP contribution < -0.4 is 4.74 Å². The van der Waals surface area contributed by atoms with Crippen LogP contribution in [0.5, 0.6) is 5.75 Å². The van der Waals surface area contributed by atoms with Gasteiger partial charge < -0.3 is 9.30 Å². The summed E-state index contributed by atoms with van der Waals surface area (Å²) in [5, 5.41) is 3.17. The van der Waals surface area contributed by atoms with Gasteiger partial charge in [-0.05, 0) is 18.2 Å². The number of benzene rings is 2. The largest absolute Gasteiger partial charge is 0.497 e. The molecule has 0 aliphatic rings. The number of hydrogen-bond donors (Lipinski definition) is 0. The van der Waals surface area contributed by atoms with Crippen LogP contribution in [0.4, 0.5) is 0 Å². The van der Waals surface area contributed by atoms with Crippen molar-refractivity contribution < 1.29 is 9.53 Å². The molecule has 0 bridgehead atoms. The predicted molar refractivity (Wildman–Crippen MR) is 90.0 cm³/mol. The average molecular weight is 311 g/mol. The van der Waals surface area contributed by atoms with Gasteiger partial charge in [0.25, 0.3) is 0 Å². The van der Waals surface area contributed by atoms with Gasteiger partial charge in [-0.3, -0.25) is 4.79 Å². The van der Waals surface area contributed by atoms with Crippen molar-refractivity contribution in [2.75, 3.05) is 7.11 Å². The summed E-state index contributed by atoms with van der Waals surface area (Å²) in [6, 6.07) is 16.0. The molecule has 0 radical (unpaired) electrons. The number of carbonyl (C=O) groups excluding carboxylic acids is 1. The molecule has 1 heterocycles. The summed E-state index contributed by atoms with van der Waals surface area (Å²) in [6.45, 7) is 1.61. The highest BCUT2D eigenvalue weighted by Crippen LogP contribution is 2.37. The second-order valence-electron chi connectivity index (χ2n) is 5.10. The third-order valence-corrected chi connectivity index (χ3v) is 4.82. The zero-order valence-electron chi connectivity index (χ0n) is 12.8. The highest BCUT2D eigenvalue weighted by Gasteiger charge is 2.18. The van der Waals surface area contributed by atoms with Crippen molar-refractivity contribution in [1.82, 2.24) is 4.57 Å². The topological polar surface area (TPSA) is 31.2 Å². The van der Waals surface area contributed by atoms with Gasteiger partial charge in [0.2, 0.25) is 0 Å². The number of aromatic nitrogens is 1. The van der Waals surface area contributed by atoms with Gasteiger partial charge in [-0.1, -0.05) is 42.1 Å². The Bertz CT molecular complexity index is 851. The minimum Gasteiger partial charge on any atom is -0.497 e. The molecule has 0 saturated carbocycles. The minimum absolute atomic E-state index is 0.0798. The second kappa shape index (κ2) is 5.89. The number of Topliss-reactive ketones (excluding diaryl/α,β-unsaturated/α-hetero) is 1. The monoisotopic (exact) mass is 311 g/mol. The van der Waals surface area contributed by atoms with Crippen molar-refractivity contribution in [3.63, 3.8) is 0 Å². The van der Waals surface area contributed by atoms with E-state index in [-0.39, 0.29) is 5.78 Å². The van der Waals surface area contributed by atoms with Crippen LogP contribution in [0.3, 0.4) is 0 Å². The highest BCUT2D eigenvalue weighted by molar-refractivity contribution is 7.99. The molecular weight excluding hydrogens is 294 g/mol. The van der Waals surface area contributed by atoms with E-state index in [1.54, 1.807) is 25.8 Å². The number of carbonyl (C=O) groups is 1. The molecule has 3 nitrogen and oxygen atoms in total. The summed E-state index contributed by atoms with van der Waals surface area (Å²) in [6.07, 6.45) is 0. The summed E-state index contributed by atoms with van der Waals surface area (Å²) in [7, 11) is 3.61. The van der Waals surface area contributed by atoms with Crippen LogP contribution in [0.15, 0.2) is 58.5 Å². The SMILES string of the molecule is COc1cccc(Sc2c3ccccc3c(C(C)=O)n2C)c1. The molecule has 0 N–H and O–H groups in total. The molecule has 3 rings (SSSR count). The third kappa shape index (κ3) is 2.50. The van der Waals surface area contributed by atoms with Crippen molar-refractivity contribution in [2.24, 2.45) is 7.05 Å². The van der Waals surface area contributed by atoms with Gasteiger partial charge in [0.15, 0.2) is 5.78 Å². The highest BCUT2D eigenvalue weighted by atomic mass is 32.2. The Balaban J connectivity index is 2.14. The van der Waals surface area contributed by atoms with Gasteiger partial charge in [-0.2, -0.15) is 0 Å². The fourth-order valence-electron chi connectivity index (χ4n) is 2.66. The van der Waals surface area contributed by atoms with E-state index < -0.39 is 0 Å². The molecule has 112 valence electrons. The molecule has 0 aliphatic heterocycles. The number of methoxy groups -OCH3 is 1. The molecule has 0 fully saturated rings. The van der Waals surface area contributed by atoms with E-state index in [0.717, 1.165) is 32.1 Å². The van der Waals surface area contributed by atoms with Crippen molar-refractivity contribution in [3.05, 3.63) is 54.2 Å². The normalized spacial score (nSPS) is 10.9. The zero-order valence-corrected chi connectivity index (χ0v) is 13.6. The lowest BCUT2D eigenvalue weighted by Crippen LogP contribution is -2.02. The smallest absolute Gasteiger partial charge is 0.176 e. The summed E-state index contributed by atoms with van der Waals surface area (Å²) in [5.74, 6) is 0.909. The van der Waals surface area contributed by atoms with E-state index in [1.165, 1.54) is 0 Å². The molecule has 0 atom stereocenters. The van der Waals surface area contributed by atoms with E-state index in [4.69, 9.17) is 4.74 Å².